The molecular weight excluding hydrogens is 402 g/mol. The number of aryl methyl sites for hydroxylation is 2. The average molecular weight is 434 g/mol. The van der Waals surface area contributed by atoms with E-state index in [4.69, 9.17) is 0 Å². The molecule has 32 heavy (non-hydrogen) atoms. The molecule has 4 rings (SSSR count). The minimum absolute atomic E-state index is 0.0176. The lowest BCUT2D eigenvalue weighted by Crippen LogP contribution is -2.51. The number of carbonyl (C=O) groups excluding carboxylic acids is 2. The Labute approximate surface area is 189 Å². The summed E-state index contributed by atoms with van der Waals surface area (Å²) in [6, 6.07) is 13.9. The Morgan fingerprint density at radius 3 is 2.47 bits per heavy atom. The SMILES string of the molecule is CCc1nc2ccccc2n1CC(=O)N1CCN(CC(=O)Nc2cccc(C)c2C)CC1. The summed E-state index contributed by atoms with van der Waals surface area (Å²) >= 11 is 0. The van der Waals surface area contributed by atoms with Crippen LogP contribution in [-0.4, -0.2) is 63.9 Å². The first-order valence-electron chi connectivity index (χ1n) is 11.3. The molecule has 1 saturated heterocycles. The van der Waals surface area contributed by atoms with Crippen LogP contribution in [0.2, 0.25) is 0 Å². The van der Waals surface area contributed by atoms with Crippen LogP contribution in [0.25, 0.3) is 11.0 Å². The van der Waals surface area contributed by atoms with E-state index in [9.17, 15) is 9.59 Å². The van der Waals surface area contributed by atoms with E-state index in [1.165, 1.54) is 0 Å². The van der Waals surface area contributed by atoms with Crippen molar-refractivity contribution < 1.29 is 9.59 Å². The molecule has 7 nitrogen and oxygen atoms in total. The largest absolute Gasteiger partial charge is 0.339 e. The third-order valence-electron chi connectivity index (χ3n) is 6.31. The smallest absolute Gasteiger partial charge is 0.242 e. The van der Waals surface area contributed by atoms with Gasteiger partial charge in [0.1, 0.15) is 12.4 Å². The number of nitrogens with zero attached hydrogens (tertiary/aromatic N) is 4. The minimum Gasteiger partial charge on any atom is -0.339 e. The number of carbonyl (C=O) groups is 2. The van der Waals surface area contributed by atoms with Crippen LogP contribution < -0.4 is 5.32 Å². The molecule has 1 N–H and O–H groups in total. The van der Waals surface area contributed by atoms with E-state index in [-0.39, 0.29) is 11.8 Å². The summed E-state index contributed by atoms with van der Waals surface area (Å²) in [7, 11) is 0. The molecule has 0 unspecified atom stereocenters. The molecule has 7 heteroatoms. The standard InChI is InChI=1S/C25H31N5O2/c1-4-23-26-21-9-5-6-11-22(21)30(23)17-25(32)29-14-12-28(13-15-29)16-24(31)27-20-10-7-8-18(2)19(20)3/h5-11H,4,12-17H2,1-3H3,(H,27,31). The number of fused-ring (bicyclic) bond motifs is 1. The average Bonchev–Trinajstić information content (AvgIpc) is 3.15. The molecule has 0 aliphatic carbocycles. The van der Waals surface area contributed by atoms with Crippen molar-refractivity contribution >= 4 is 28.5 Å². The summed E-state index contributed by atoms with van der Waals surface area (Å²) in [5.74, 6) is 1.01. The van der Waals surface area contributed by atoms with Crippen LogP contribution >= 0.6 is 0 Å². The first-order chi connectivity index (χ1) is 15.5. The zero-order chi connectivity index (χ0) is 22.7. The van der Waals surface area contributed by atoms with Gasteiger partial charge in [0.15, 0.2) is 0 Å². The monoisotopic (exact) mass is 433 g/mol. The third-order valence-corrected chi connectivity index (χ3v) is 6.31. The number of imidazole rings is 1. The van der Waals surface area contributed by atoms with Crippen molar-refractivity contribution in [3.63, 3.8) is 0 Å². The molecule has 2 heterocycles. The first kappa shape index (κ1) is 22.0. The molecule has 2 amide bonds. The Bertz CT molecular complexity index is 1130. The number of hydrogen-bond donors (Lipinski definition) is 1. The molecule has 0 radical (unpaired) electrons. The molecule has 1 aliphatic heterocycles. The van der Waals surface area contributed by atoms with Crippen LogP contribution in [0.4, 0.5) is 5.69 Å². The van der Waals surface area contributed by atoms with E-state index in [1.54, 1.807) is 0 Å². The third kappa shape index (κ3) is 4.67. The fourth-order valence-corrected chi connectivity index (χ4v) is 4.24. The Balaban J connectivity index is 1.31. The predicted octanol–water partition coefficient (Wildman–Crippen LogP) is 3.00. The molecule has 3 aromatic rings. The molecule has 168 valence electrons. The maximum atomic E-state index is 13.0. The van der Waals surface area contributed by atoms with Crippen LogP contribution in [0.1, 0.15) is 23.9 Å². The molecule has 1 fully saturated rings. The van der Waals surface area contributed by atoms with E-state index < -0.39 is 0 Å². The lowest BCUT2D eigenvalue weighted by atomic mass is 10.1. The Morgan fingerprint density at radius 2 is 1.72 bits per heavy atom. The van der Waals surface area contributed by atoms with E-state index in [1.807, 2.05) is 65.8 Å². The van der Waals surface area contributed by atoms with Gasteiger partial charge in [-0.05, 0) is 43.2 Å². The molecular formula is C25H31N5O2. The number of aromatic nitrogens is 2. The van der Waals surface area contributed by atoms with E-state index in [2.05, 4.69) is 22.1 Å². The Hall–Kier alpha value is -3.19. The van der Waals surface area contributed by atoms with E-state index in [0.717, 1.165) is 40.1 Å². The van der Waals surface area contributed by atoms with Gasteiger partial charge in [0.25, 0.3) is 0 Å². The fraction of sp³-hybridized carbons (Fsp3) is 0.400. The summed E-state index contributed by atoms with van der Waals surface area (Å²) in [6.45, 7) is 9.39. The summed E-state index contributed by atoms with van der Waals surface area (Å²) in [6.07, 6.45) is 0.783. The highest BCUT2D eigenvalue weighted by molar-refractivity contribution is 5.93. The number of hydrogen-bond acceptors (Lipinski definition) is 4. The molecule has 0 spiro atoms. The number of rotatable bonds is 6. The normalized spacial score (nSPS) is 14.7. The number of piperazine rings is 1. The number of nitrogens with one attached hydrogen (secondary N) is 1. The quantitative estimate of drug-likeness (QED) is 0.649. The molecule has 0 saturated carbocycles. The fourth-order valence-electron chi connectivity index (χ4n) is 4.24. The van der Waals surface area contributed by atoms with Gasteiger partial charge in [0, 0.05) is 38.3 Å². The number of anilines is 1. The van der Waals surface area contributed by atoms with Crippen LogP contribution in [0.15, 0.2) is 42.5 Å². The number of para-hydroxylation sites is 2. The van der Waals surface area contributed by atoms with Crippen molar-refractivity contribution in [1.29, 1.82) is 0 Å². The second kappa shape index (κ2) is 9.53. The Morgan fingerprint density at radius 1 is 0.969 bits per heavy atom. The van der Waals surface area contributed by atoms with E-state index in [0.29, 0.717) is 39.3 Å². The van der Waals surface area contributed by atoms with Crippen molar-refractivity contribution in [3.05, 3.63) is 59.4 Å². The first-order valence-corrected chi connectivity index (χ1v) is 11.3. The van der Waals surface area contributed by atoms with Gasteiger partial charge in [-0.1, -0.05) is 31.2 Å². The molecule has 0 bridgehead atoms. The summed E-state index contributed by atoms with van der Waals surface area (Å²) in [5.41, 5.74) is 5.04. The molecule has 2 aromatic carbocycles. The van der Waals surface area contributed by atoms with Crippen LogP contribution in [-0.2, 0) is 22.6 Å². The van der Waals surface area contributed by atoms with Crippen LogP contribution in [0, 0.1) is 13.8 Å². The highest BCUT2D eigenvalue weighted by Gasteiger charge is 2.24. The van der Waals surface area contributed by atoms with Gasteiger partial charge < -0.3 is 14.8 Å². The second-order valence-electron chi connectivity index (χ2n) is 8.41. The zero-order valence-corrected chi connectivity index (χ0v) is 19.1. The summed E-state index contributed by atoms with van der Waals surface area (Å²) in [4.78, 5) is 34.2. The topological polar surface area (TPSA) is 70.5 Å². The minimum atomic E-state index is -0.0176. The predicted molar refractivity (Wildman–Crippen MR) is 127 cm³/mol. The second-order valence-corrected chi connectivity index (χ2v) is 8.41. The highest BCUT2D eigenvalue weighted by atomic mass is 16.2. The van der Waals surface area contributed by atoms with Crippen molar-refractivity contribution in [3.8, 4) is 0 Å². The van der Waals surface area contributed by atoms with Gasteiger partial charge in [-0.25, -0.2) is 4.98 Å². The van der Waals surface area contributed by atoms with Crippen LogP contribution in [0.5, 0.6) is 0 Å². The van der Waals surface area contributed by atoms with Crippen molar-refractivity contribution in [2.75, 3.05) is 38.0 Å². The number of amides is 2. The van der Waals surface area contributed by atoms with Crippen molar-refractivity contribution in [1.82, 2.24) is 19.4 Å². The maximum Gasteiger partial charge on any atom is 0.242 e. The highest BCUT2D eigenvalue weighted by Crippen LogP contribution is 2.19. The van der Waals surface area contributed by atoms with E-state index >= 15 is 0 Å². The molecule has 1 aliphatic rings. The summed E-state index contributed by atoms with van der Waals surface area (Å²) in [5, 5.41) is 3.02. The zero-order valence-electron chi connectivity index (χ0n) is 19.1. The molecule has 1 aromatic heterocycles. The van der Waals surface area contributed by atoms with Crippen LogP contribution in [0.3, 0.4) is 0 Å². The van der Waals surface area contributed by atoms with Gasteiger partial charge >= 0.3 is 0 Å². The number of benzene rings is 2. The summed E-state index contributed by atoms with van der Waals surface area (Å²) < 4.78 is 2.03. The van der Waals surface area contributed by atoms with Gasteiger partial charge in [0.2, 0.25) is 11.8 Å². The van der Waals surface area contributed by atoms with Gasteiger partial charge in [0.05, 0.1) is 17.6 Å². The van der Waals surface area contributed by atoms with Crippen molar-refractivity contribution in [2.45, 2.75) is 33.7 Å². The maximum absolute atomic E-state index is 13.0. The Kier molecular flexibility index (Phi) is 6.55. The van der Waals surface area contributed by atoms with Gasteiger partial charge in [-0.15, -0.1) is 0 Å². The lowest BCUT2D eigenvalue weighted by molar-refractivity contribution is -0.133. The van der Waals surface area contributed by atoms with Crippen molar-refractivity contribution in [2.24, 2.45) is 0 Å². The molecule has 0 atom stereocenters. The lowest BCUT2D eigenvalue weighted by Gasteiger charge is -2.34. The van der Waals surface area contributed by atoms with Gasteiger partial charge in [-0.3, -0.25) is 14.5 Å². The van der Waals surface area contributed by atoms with Gasteiger partial charge in [-0.2, -0.15) is 0 Å².